The number of Topliss-reactive ketones (excluding diaryl/α,β-unsaturated/α-hetero) is 1. The molecule has 1 N–H and O–H groups in total. The minimum Gasteiger partial charge on any atom is -0.305 e. The largest absolute Gasteiger partial charge is 0.305 e. The summed E-state index contributed by atoms with van der Waals surface area (Å²) in [5.41, 5.74) is 0.849. The molecule has 1 aromatic carbocycles. The van der Waals surface area contributed by atoms with Crippen LogP contribution < -0.4 is 5.32 Å². The summed E-state index contributed by atoms with van der Waals surface area (Å²) < 4.78 is 13.1. The van der Waals surface area contributed by atoms with Crippen LogP contribution in [-0.2, 0) is 11.2 Å². The molecule has 0 aromatic heterocycles. The number of ketones is 1. The fourth-order valence-corrected chi connectivity index (χ4v) is 1.95. The Morgan fingerprint density at radius 3 is 2.44 bits per heavy atom. The van der Waals surface area contributed by atoms with Crippen LogP contribution in [0.5, 0.6) is 0 Å². The second kappa shape index (κ2) is 6.64. The first-order valence-electron chi connectivity index (χ1n) is 6.44. The van der Waals surface area contributed by atoms with E-state index >= 15 is 0 Å². The van der Waals surface area contributed by atoms with Crippen LogP contribution in [0.2, 0.25) is 0 Å². The molecule has 3 heteroatoms. The van der Waals surface area contributed by atoms with E-state index in [-0.39, 0.29) is 29.6 Å². The highest BCUT2D eigenvalue weighted by Gasteiger charge is 2.22. The number of carbonyl (C=O) groups excluding carboxylic acids is 1. The summed E-state index contributed by atoms with van der Waals surface area (Å²) >= 11 is 0. The monoisotopic (exact) mass is 251 g/mol. The van der Waals surface area contributed by atoms with E-state index < -0.39 is 0 Å². The molecule has 0 heterocycles. The Labute approximate surface area is 109 Å². The van der Waals surface area contributed by atoms with Crippen molar-refractivity contribution in [3.05, 3.63) is 35.6 Å². The van der Waals surface area contributed by atoms with Crippen molar-refractivity contribution >= 4 is 5.78 Å². The molecule has 1 rings (SSSR count). The van der Waals surface area contributed by atoms with E-state index in [1.165, 1.54) is 12.1 Å². The second-order valence-electron chi connectivity index (χ2n) is 5.27. The first-order valence-corrected chi connectivity index (χ1v) is 6.44. The summed E-state index contributed by atoms with van der Waals surface area (Å²) in [5.74, 6) is -0.101. The fourth-order valence-electron chi connectivity index (χ4n) is 1.95. The predicted octanol–water partition coefficient (Wildman–Crippen LogP) is 2.96. The van der Waals surface area contributed by atoms with Gasteiger partial charge in [-0.05, 0) is 24.1 Å². The molecule has 18 heavy (non-hydrogen) atoms. The highest BCUT2D eigenvalue weighted by molar-refractivity contribution is 5.86. The first kappa shape index (κ1) is 14.8. The number of hydrogen-bond donors (Lipinski definition) is 1. The normalized spacial score (nSPS) is 13.1. The Kier molecular flexibility index (Phi) is 5.48. The van der Waals surface area contributed by atoms with Crippen molar-refractivity contribution in [1.29, 1.82) is 0 Å². The standard InChI is InChI=1S/C15H22FNO/c1-10(2)15(18)14(17-11(3)4)9-12-6-5-7-13(16)8-12/h5-8,10-11,14,17H,9H2,1-4H3. The Morgan fingerprint density at radius 1 is 1.28 bits per heavy atom. The summed E-state index contributed by atoms with van der Waals surface area (Å²) in [6, 6.07) is 6.42. The third kappa shape index (κ3) is 4.57. The van der Waals surface area contributed by atoms with Crippen LogP contribution in [0.3, 0.4) is 0 Å². The average Bonchev–Trinajstić information content (AvgIpc) is 2.26. The lowest BCUT2D eigenvalue weighted by Gasteiger charge is -2.22. The third-order valence-electron chi connectivity index (χ3n) is 2.78. The van der Waals surface area contributed by atoms with Crippen molar-refractivity contribution < 1.29 is 9.18 Å². The van der Waals surface area contributed by atoms with Crippen LogP contribution in [0.1, 0.15) is 33.3 Å². The van der Waals surface area contributed by atoms with Crippen LogP contribution in [0, 0.1) is 11.7 Å². The van der Waals surface area contributed by atoms with Crippen molar-refractivity contribution in [3.8, 4) is 0 Å². The van der Waals surface area contributed by atoms with Crippen molar-refractivity contribution in [2.75, 3.05) is 0 Å². The second-order valence-corrected chi connectivity index (χ2v) is 5.27. The summed E-state index contributed by atoms with van der Waals surface area (Å²) in [5, 5.41) is 3.26. The Balaban J connectivity index is 2.81. The summed E-state index contributed by atoms with van der Waals surface area (Å²) in [7, 11) is 0. The van der Waals surface area contributed by atoms with Crippen LogP contribution in [0.25, 0.3) is 0 Å². The minimum atomic E-state index is -0.257. The molecule has 0 amide bonds. The molecule has 100 valence electrons. The zero-order valence-corrected chi connectivity index (χ0v) is 11.5. The molecule has 1 unspecified atom stereocenters. The maximum atomic E-state index is 13.1. The van der Waals surface area contributed by atoms with E-state index in [9.17, 15) is 9.18 Å². The maximum absolute atomic E-state index is 13.1. The van der Waals surface area contributed by atoms with Gasteiger partial charge in [-0.1, -0.05) is 39.8 Å². The smallest absolute Gasteiger partial charge is 0.152 e. The van der Waals surface area contributed by atoms with Gasteiger partial charge in [0.2, 0.25) is 0 Å². The van der Waals surface area contributed by atoms with Gasteiger partial charge < -0.3 is 5.32 Å². The lowest BCUT2D eigenvalue weighted by Crippen LogP contribution is -2.44. The number of carbonyl (C=O) groups is 1. The van der Waals surface area contributed by atoms with Gasteiger partial charge in [0.1, 0.15) is 5.82 Å². The van der Waals surface area contributed by atoms with Crippen molar-refractivity contribution in [2.45, 2.75) is 46.2 Å². The van der Waals surface area contributed by atoms with E-state index in [0.717, 1.165) is 5.56 Å². The third-order valence-corrected chi connectivity index (χ3v) is 2.78. The molecule has 0 spiro atoms. The number of rotatable bonds is 6. The zero-order valence-electron chi connectivity index (χ0n) is 11.5. The molecular weight excluding hydrogens is 229 g/mol. The van der Waals surface area contributed by atoms with Gasteiger partial charge in [-0.15, -0.1) is 0 Å². The number of hydrogen-bond acceptors (Lipinski definition) is 2. The topological polar surface area (TPSA) is 29.1 Å². The van der Waals surface area contributed by atoms with Crippen molar-refractivity contribution in [3.63, 3.8) is 0 Å². The van der Waals surface area contributed by atoms with Crippen molar-refractivity contribution in [1.82, 2.24) is 5.32 Å². The maximum Gasteiger partial charge on any atom is 0.152 e. The lowest BCUT2D eigenvalue weighted by molar-refractivity contribution is -0.124. The molecule has 1 aromatic rings. The van der Waals surface area contributed by atoms with E-state index in [2.05, 4.69) is 5.32 Å². The molecular formula is C15H22FNO. The van der Waals surface area contributed by atoms with Gasteiger partial charge in [-0.2, -0.15) is 0 Å². The molecule has 2 nitrogen and oxygen atoms in total. The van der Waals surface area contributed by atoms with Crippen molar-refractivity contribution in [2.24, 2.45) is 5.92 Å². The van der Waals surface area contributed by atoms with Gasteiger partial charge in [0, 0.05) is 12.0 Å². The highest BCUT2D eigenvalue weighted by atomic mass is 19.1. The molecule has 0 aliphatic heterocycles. The SMILES string of the molecule is CC(C)NC(Cc1cccc(F)c1)C(=O)C(C)C. The van der Waals surface area contributed by atoms with Gasteiger partial charge >= 0.3 is 0 Å². The molecule has 0 aliphatic carbocycles. The molecule has 0 saturated carbocycles. The molecule has 0 radical (unpaired) electrons. The number of halogens is 1. The molecule has 0 saturated heterocycles. The molecule has 1 atom stereocenters. The summed E-state index contributed by atoms with van der Waals surface area (Å²) in [6.07, 6.45) is 0.535. The van der Waals surface area contributed by atoms with E-state index in [4.69, 9.17) is 0 Å². The summed E-state index contributed by atoms with van der Waals surface area (Å²) in [6.45, 7) is 7.80. The number of nitrogens with one attached hydrogen (secondary N) is 1. The van der Waals surface area contributed by atoms with Gasteiger partial charge in [0.25, 0.3) is 0 Å². The minimum absolute atomic E-state index is 0.0187. The van der Waals surface area contributed by atoms with Crippen LogP contribution in [0.15, 0.2) is 24.3 Å². The Hall–Kier alpha value is -1.22. The summed E-state index contributed by atoms with van der Waals surface area (Å²) in [4.78, 5) is 12.1. The lowest BCUT2D eigenvalue weighted by atomic mass is 9.95. The van der Waals surface area contributed by atoms with E-state index in [1.807, 2.05) is 33.8 Å². The highest BCUT2D eigenvalue weighted by Crippen LogP contribution is 2.10. The first-order chi connectivity index (χ1) is 8.40. The molecule has 0 aliphatic rings. The average molecular weight is 251 g/mol. The fraction of sp³-hybridized carbons (Fsp3) is 0.533. The van der Waals surface area contributed by atoms with Gasteiger partial charge in [-0.3, -0.25) is 4.79 Å². The van der Waals surface area contributed by atoms with Gasteiger partial charge in [-0.25, -0.2) is 4.39 Å². The van der Waals surface area contributed by atoms with E-state index in [1.54, 1.807) is 6.07 Å². The van der Waals surface area contributed by atoms with Crippen LogP contribution >= 0.6 is 0 Å². The molecule has 0 fully saturated rings. The predicted molar refractivity (Wildman–Crippen MR) is 72.0 cm³/mol. The Morgan fingerprint density at radius 2 is 1.94 bits per heavy atom. The molecule has 0 bridgehead atoms. The Bertz CT molecular complexity index is 401. The van der Waals surface area contributed by atoms with Gasteiger partial charge in [0.05, 0.1) is 6.04 Å². The van der Waals surface area contributed by atoms with E-state index in [0.29, 0.717) is 6.42 Å². The van der Waals surface area contributed by atoms with Gasteiger partial charge in [0.15, 0.2) is 5.78 Å². The van der Waals surface area contributed by atoms with Crippen LogP contribution in [-0.4, -0.2) is 17.9 Å². The quantitative estimate of drug-likeness (QED) is 0.842. The van der Waals surface area contributed by atoms with Crippen LogP contribution in [0.4, 0.5) is 4.39 Å². The number of benzene rings is 1. The zero-order chi connectivity index (χ0) is 13.7.